The standard InChI is InChI=1S/C13H23N5O/c1-13(2,3)17-11-9-15-10(8-16-11)12(19)14-6-7-18(4)5/h8-9H,6-7H2,1-5H3,(H,14,19)(H,16,17). The van der Waals surface area contributed by atoms with Gasteiger partial charge in [0.05, 0.1) is 12.4 Å². The van der Waals surface area contributed by atoms with Gasteiger partial charge in [-0.3, -0.25) is 4.79 Å². The molecule has 0 aliphatic heterocycles. The van der Waals surface area contributed by atoms with Crippen LogP contribution in [0.4, 0.5) is 5.82 Å². The average Bonchev–Trinajstić information content (AvgIpc) is 2.27. The smallest absolute Gasteiger partial charge is 0.271 e. The molecule has 0 aliphatic carbocycles. The van der Waals surface area contributed by atoms with Crippen LogP contribution < -0.4 is 10.6 Å². The monoisotopic (exact) mass is 265 g/mol. The molecule has 6 nitrogen and oxygen atoms in total. The van der Waals surface area contributed by atoms with Crippen LogP contribution in [0.3, 0.4) is 0 Å². The highest BCUT2D eigenvalue weighted by Gasteiger charge is 2.12. The van der Waals surface area contributed by atoms with Crippen molar-refractivity contribution < 1.29 is 4.79 Å². The maximum absolute atomic E-state index is 11.8. The Morgan fingerprint density at radius 1 is 1.26 bits per heavy atom. The molecule has 0 spiro atoms. The minimum Gasteiger partial charge on any atom is -0.364 e. The summed E-state index contributed by atoms with van der Waals surface area (Å²) in [6.07, 6.45) is 3.06. The second kappa shape index (κ2) is 6.47. The van der Waals surface area contributed by atoms with E-state index in [-0.39, 0.29) is 11.4 Å². The number of hydrogen-bond donors (Lipinski definition) is 2. The first-order chi connectivity index (χ1) is 8.78. The van der Waals surface area contributed by atoms with Crippen molar-refractivity contribution in [2.75, 3.05) is 32.5 Å². The molecular weight excluding hydrogens is 242 g/mol. The molecular formula is C13H23N5O. The lowest BCUT2D eigenvalue weighted by molar-refractivity contribution is 0.0945. The summed E-state index contributed by atoms with van der Waals surface area (Å²) in [6, 6.07) is 0. The van der Waals surface area contributed by atoms with Gasteiger partial charge in [-0.15, -0.1) is 0 Å². The van der Waals surface area contributed by atoms with Crippen LogP contribution in [-0.4, -0.2) is 53.5 Å². The van der Waals surface area contributed by atoms with Crippen LogP contribution in [0.15, 0.2) is 12.4 Å². The van der Waals surface area contributed by atoms with Gasteiger partial charge in [-0.1, -0.05) is 0 Å². The molecule has 0 fully saturated rings. The zero-order valence-corrected chi connectivity index (χ0v) is 12.3. The first-order valence-electron chi connectivity index (χ1n) is 6.31. The molecule has 6 heteroatoms. The van der Waals surface area contributed by atoms with Crippen molar-refractivity contribution in [2.24, 2.45) is 0 Å². The third kappa shape index (κ3) is 6.15. The van der Waals surface area contributed by atoms with Crippen LogP contribution in [0, 0.1) is 0 Å². The lowest BCUT2D eigenvalue weighted by Gasteiger charge is -2.20. The van der Waals surface area contributed by atoms with E-state index in [0.717, 1.165) is 6.54 Å². The molecule has 106 valence electrons. The maximum atomic E-state index is 11.8. The van der Waals surface area contributed by atoms with Gasteiger partial charge < -0.3 is 15.5 Å². The number of nitrogens with one attached hydrogen (secondary N) is 2. The summed E-state index contributed by atoms with van der Waals surface area (Å²) in [5, 5.41) is 5.99. The molecule has 0 saturated carbocycles. The number of likely N-dealkylation sites (N-methyl/N-ethyl adjacent to an activating group) is 1. The van der Waals surface area contributed by atoms with Gasteiger partial charge in [0.15, 0.2) is 0 Å². The third-order valence-electron chi connectivity index (χ3n) is 2.23. The number of rotatable bonds is 5. The normalized spacial score (nSPS) is 11.5. The van der Waals surface area contributed by atoms with Crippen molar-refractivity contribution in [2.45, 2.75) is 26.3 Å². The van der Waals surface area contributed by atoms with E-state index in [9.17, 15) is 4.79 Å². The van der Waals surface area contributed by atoms with Crippen molar-refractivity contribution in [3.63, 3.8) is 0 Å². The number of carbonyl (C=O) groups excluding carboxylic acids is 1. The highest BCUT2D eigenvalue weighted by atomic mass is 16.1. The van der Waals surface area contributed by atoms with Gasteiger partial charge in [-0.05, 0) is 34.9 Å². The Balaban J connectivity index is 2.53. The van der Waals surface area contributed by atoms with E-state index in [1.54, 1.807) is 6.20 Å². The van der Waals surface area contributed by atoms with E-state index in [1.165, 1.54) is 6.20 Å². The van der Waals surface area contributed by atoms with Crippen molar-refractivity contribution in [1.82, 2.24) is 20.2 Å². The Hall–Kier alpha value is -1.69. The molecule has 0 atom stereocenters. The van der Waals surface area contributed by atoms with Gasteiger partial charge >= 0.3 is 0 Å². The zero-order valence-electron chi connectivity index (χ0n) is 12.3. The Morgan fingerprint density at radius 3 is 2.42 bits per heavy atom. The van der Waals surface area contributed by atoms with E-state index in [0.29, 0.717) is 18.1 Å². The fourth-order valence-corrected chi connectivity index (χ4v) is 1.38. The number of aromatic nitrogens is 2. The molecule has 0 saturated heterocycles. The molecule has 0 radical (unpaired) electrons. The molecule has 1 aromatic rings. The Bertz CT molecular complexity index is 408. The molecule has 1 amide bonds. The predicted octanol–water partition coefficient (Wildman–Crippen LogP) is 0.978. The molecule has 0 unspecified atom stereocenters. The van der Waals surface area contributed by atoms with Crippen LogP contribution in [0.1, 0.15) is 31.3 Å². The van der Waals surface area contributed by atoms with E-state index in [2.05, 4.69) is 20.6 Å². The minimum atomic E-state index is -0.198. The number of nitrogens with zero attached hydrogens (tertiary/aromatic N) is 3. The molecule has 19 heavy (non-hydrogen) atoms. The summed E-state index contributed by atoms with van der Waals surface area (Å²) in [7, 11) is 3.91. The largest absolute Gasteiger partial charge is 0.364 e. The second-order valence-corrected chi connectivity index (χ2v) is 5.72. The molecule has 0 aliphatic rings. The maximum Gasteiger partial charge on any atom is 0.271 e. The topological polar surface area (TPSA) is 70.2 Å². The van der Waals surface area contributed by atoms with Gasteiger partial charge in [0.1, 0.15) is 11.5 Å². The van der Waals surface area contributed by atoms with Gasteiger partial charge in [-0.25, -0.2) is 9.97 Å². The molecule has 1 aromatic heterocycles. The summed E-state index contributed by atoms with van der Waals surface area (Å²) < 4.78 is 0. The van der Waals surface area contributed by atoms with E-state index in [4.69, 9.17) is 0 Å². The number of hydrogen-bond acceptors (Lipinski definition) is 5. The molecule has 0 aromatic carbocycles. The number of carbonyl (C=O) groups is 1. The van der Waals surface area contributed by atoms with Crippen LogP contribution >= 0.6 is 0 Å². The predicted molar refractivity (Wildman–Crippen MR) is 76.3 cm³/mol. The van der Waals surface area contributed by atoms with Gasteiger partial charge in [0.25, 0.3) is 5.91 Å². The van der Waals surface area contributed by atoms with Crippen molar-refractivity contribution in [3.8, 4) is 0 Å². The Morgan fingerprint density at radius 2 is 1.95 bits per heavy atom. The van der Waals surface area contributed by atoms with Gasteiger partial charge in [-0.2, -0.15) is 0 Å². The average molecular weight is 265 g/mol. The number of amides is 1. The van der Waals surface area contributed by atoms with Crippen LogP contribution in [0.25, 0.3) is 0 Å². The van der Waals surface area contributed by atoms with E-state index >= 15 is 0 Å². The molecule has 0 bridgehead atoms. The second-order valence-electron chi connectivity index (χ2n) is 5.72. The highest BCUT2D eigenvalue weighted by molar-refractivity contribution is 5.91. The third-order valence-corrected chi connectivity index (χ3v) is 2.23. The Labute approximate surface area is 114 Å². The van der Waals surface area contributed by atoms with E-state index < -0.39 is 0 Å². The first kappa shape index (κ1) is 15.4. The van der Waals surface area contributed by atoms with E-state index in [1.807, 2.05) is 39.8 Å². The molecule has 2 N–H and O–H groups in total. The van der Waals surface area contributed by atoms with Gasteiger partial charge in [0.2, 0.25) is 0 Å². The fraction of sp³-hybridized carbons (Fsp3) is 0.615. The van der Waals surface area contributed by atoms with Crippen LogP contribution in [0.2, 0.25) is 0 Å². The van der Waals surface area contributed by atoms with Crippen molar-refractivity contribution in [1.29, 1.82) is 0 Å². The SMILES string of the molecule is CN(C)CCNC(=O)c1cnc(NC(C)(C)C)cn1. The minimum absolute atomic E-state index is 0.0792. The lowest BCUT2D eigenvalue weighted by atomic mass is 10.1. The summed E-state index contributed by atoms with van der Waals surface area (Å²) >= 11 is 0. The summed E-state index contributed by atoms with van der Waals surface area (Å²) in [5.41, 5.74) is 0.252. The number of anilines is 1. The summed E-state index contributed by atoms with van der Waals surface area (Å²) in [4.78, 5) is 22.1. The first-order valence-corrected chi connectivity index (χ1v) is 6.31. The fourth-order valence-electron chi connectivity index (χ4n) is 1.38. The Kier molecular flexibility index (Phi) is 5.23. The molecule has 1 heterocycles. The van der Waals surface area contributed by atoms with Crippen LogP contribution in [0.5, 0.6) is 0 Å². The van der Waals surface area contributed by atoms with Crippen molar-refractivity contribution in [3.05, 3.63) is 18.1 Å². The quantitative estimate of drug-likeness (QED) is 0.830. The zero-order chi connectivity index (χ0) is 14.5. The van der Waals surface area contributed by atoms with Crippen molar-refractivity contribution >= 4 is 11.7 Å². The van der Waals surface area contributed by atoms with Gasteiger partial charge in [0, 0.05) is 18.6 Å². The molecule has 1 rings (SSSR count). The highest BCUT2D eigenvalue weighted by Crippen LogP contribution is 2.10. The van der Waals surface area contributed by atoms with Crippen LogP contribution in [-0.2, 0) is 0 Å². The summed E-state index contributed by atoms with van der Waals surface area (Å²) in [6.45, 7) is 7.50. The summed E-state index contributed by atoms with van der Waals surface area (Å²) in [5.74, 6) is 0.467. The lowest BCUT2D eigenvalue weighted by Crippen LogP contribution is -2.32.